The molecule has 1 atom stereocenters. The Morgan fingerprint density at radius 1 is 1.47 bits per heavy atom. The lowest BCUT2D eigenvalue weighted by atomic mass is 10.0. The monoisotopic (exact) mass is 283 g/mol. The van der Waals surface area contributed by atoms with E-state index in [-0.39, 0.29) is 4.90 Å². The molecule has 104 valence electrons. The van der Waals surface area contributed by atoms with E-state index in [1.807, 2.05) is 6.07 Å². The minimum absolute atomic E-state index is 0.236. The molecule has 1 aromatic rings. The highest BCUT2D eigenvalue weighted by molar-refractivity contribution is 7.89. The van der Waals surface area contributed by atoms with Crippen molar-refractivity contribution in [3.63, 3.8) is 0 Å². The van der Waals surface area contributed by atoms with E-state index >= 15 is 0 Å². The summed E-state index contributed by atoms with van der Waals surface area (Å²) in [6.07, 6.45) is 0.650. The number of primary amides is 1. The Bertz CT molecular complexity index is 598. The molecule has 4 N–H and O–H groups in total. The minimum atomic E-state index is -3.72. The molecule has 0 bridgehead atoms. The van der Waals surface area contributed by atoms with Crippen molar-refractivity contribution in [1.82, 2.24) is 10.0 Å². The second-order valence-corrected chi connectivity index (χ2v) is 6.25. The van der Waals surface area contributed by atoms with Gasteiger partial charge >= 0.3 is 0 Å². The predicted octanol–water partition coefficient (Wildman–Crippen LogP) is -0.516. The highest BCUT2D eigenvalue weighted by Gasteiger charge is 2.25. The number of carbonyl (C=O) groups excluding carboxylic acids is 1. The van der Waals surface area contributed by atoms with Crippen LogP contribution in [0.1, 0.15) is 18.1 Å². The van der Waals surface area contributed by atoms with Crippen LogP contribution < -0.4 is 15.8 Å². The summed E-state index contributed by atoms with van der Waals surface area (Å²) in [7, 11) is -3.72. The number of hydrogen-bond donors (Lipinski definition) is 3. The smallest absolute Gasteiger partial charge is 0.241 e. The summed E-state index contributed by atoms with van der Waals surface area (Å²) in [5.41, 5.74) is 6.87. The summed E-state index contributed by atoms with van der Waals surface area (Å²) in [5, 5.41) is 3.19. The van der Waals surface area contributed by atoms with E-state index in [1.165, 1.54) is 6.92 Å². The summed E-state index contributed by atoms with van der Waals surface area (Å²) in [4.78, 5) is 11.2. The topological polar surface area (TPSA) is 101 Å². The fraction of sp³-hybridized carbons (Fsp3) is 0.417. The fourth-order valence-electron chi connectivity index (χ4n) is 2.10. The molecule has 0 spiro atoms. The molecule has 1 aliphatic rings. The first-order valence-corrected chi connectivity index (χ1v) is 7.53. The standard InChI is InChI=1S/C12H17N3O3S/c1-8(12(13)16)15-19(17,18)11-4-2-3-9-7-14-6-5-10(9)11/h2-4,8,14-15H,5-7H2,1H3,(H2,13,16). The first-order chi connectivity index (χ1) is 8.92. The molecule has 1 amide bonds. The molecule has 0 saturated heterocycles. The Morgan fingerprint density at radius 3 is 2.89 bits per heavy atom. The van der Waals surface area contributed by atoms with Gasteiger partial charge in [0.05, 0.1) is 10.9 Å². The molecule has 19 heavy (non-hydrogen) atoms. The van der Waals surface area contributed by atoms with E-state index in [2.05, 4.69) is 10.0 Å². The molecular weight excluding hydrogens is 266 g/mol. The molecule has 6 nitrogen and oxygen atoms in total. The van der Waals surface area contributed by atoms with Gasteiger partial charge in [0.1, 0.15) is 0 Å². The Hall–Kier alpha value is -1.44. The average molecular weight is 283 g/mol. The molecule has 1 aromatic carbocycles. The van der Waals surface area contributed by atoms with Crippen LogP contribution in [0.15, 0.2) is 23.1 Å². The van der Waals surface area contributed by atoms with Gasteiger partial charge in [-0.1, -0.05) is 12.1 Å². The van der Waals surface area contributed by atoms with Crippen LogP contribution in [0.2, 0.25) is 0 Å². The first kappa shape index (κ1) is 14.0. The molecule has 0 saturated carbocycles. The summed E-state index contributed by atoms with van der Waals surface area (Å²) in [6, 6.07) is 4.23. The summed E-state index contributed by atoms with van der Waals surface area (Å²) in [5.74, 6) is -0.699. The zero-order valence-corrected chi connectivity index (χ0v) is 11.5. The molecule has 1 unspecified atom stereocenters. The lowest BCUT2D eigenvalue weighted by Crippen LogP contribution is -2.42. The molecule has 0 radical (unpaired) electrons. The molecule has 1 heterocycles. The van der Waals surface area contributed by atoms with Gasteiger partial charge < -0.3 is 11.1 Å². The second kappa shape index (κ2) is 5.28. The van der Waals surface area contributed by atoms with Gasteiger partial charge in [-0.05, 0) is 37.1 Å². The van der Waals surface area contributed by atoms with Crippen molar-refractivity contribution in [2.45, 2.75) is 30.8 Å². The lowest BCUT2D eigenvalue weighted by Gasteiger charge is -2.21. The average Bonchev–Trinajstić information content (AvgIpc) is 2.37. The minimum Gasteiger partial charge on any atom is -0.368 e. The van der Waals surface area contributed by atoms with Gasteiger partial charge in [-0.25, -0.2) is 8.42 Å². The van der Waals surface area contributed by atoms with Gasteiger partial charge in [0, 0.05) is 6.54 Å². The summed E-state index contributed by atoms with van der Waals surface area (Å²) >= 11 is 0. The molecule has 0 aromatic heterocycles. The summed E-state index contributed by atoms with van der Waals surface area (Å²) < 4.78 is 26.9. The maximum atomic E-state index is 12.3. The molecular formula is C12H17N3O3S. The number of hydrogen-bond acceptors (Lipinski definition) is 4. The van der Waals surface area contributed by atoms with Gasteiger partial charge in [-0.15, -0.1) is 0 Å². The number of nitrogens with two attached hydrogens (primary N) is 1. The highest BCUT2D eigenvalue weighted by Crippen LogP contribution is 2.22. The third-order valence-electron chi connectivity index (χ3n) is 3.15. The van der Waals surface area contributed by atoms with Crippen molar-refractivity contribution in [1.29, 1.82) is 0 Å². The zero-order chi connectivity index (χ0) is 14.0. The maximum absolute atomic E-state index is 12.3. The third kappa shape index (κ3) is 2.94. The molecule has 0 aliphatic carbocycles. The number of nitrogens with one attached hydrogen (secondary N) is 2. The van der Waals surface area contributed by atoms with Gasteiger partial charge in [-0.2, -0.15) is 4.72 Å². The number of carbonyl (C=O) groups is 1. The normalized spacial score (nSPS) is 16.7. The number of sulfonamides is 1. The van der Waals surface area contributed by atoms with E-state index in [9.17, 15) is 13.2 Å². The van der Waals surface area contributed by atoms with E-state index < -0.39 is 22.0 Å². The second-order valence-electron chi connectivity index (χ2n) is 4.57. The Kier molecular flexibility index (Phi) is 3.88. The molecule has 1 aliphatic heterocycles. The third-order valence-corrected chi connectivity index (χ3v) is 4.77. The number of fused-ring (bicyclic) bond motifs is 1. The van der Waals surface area contributed by atoms with Crippen LogP contribution in [0.3, 0.4) is 0 Å². The van der Waals surface area contributed by atoms with Gasteiger partial charge in [-0.3, -0.25) is 4.79 Å². The van der Waals surface area contributed by atoms with Crippen molar-refractivity contribution in [2.24, 2.45) is 5.73 Å². The van der Waals surface area contributed by atoms with Crippen molar-refractivity contribution >= 4 is 15.9 Å². The number of benzene rings is 1. The van der Waals surface area contributed by atoms with Crippen molar-refractivity contribution < 1.29 is 13.2 Å². The molecule has 2 rings (SSSR count). The molecule has 0 fully saturated rings. The predicted molar refractivity (Wildman–Crippen MR) is 70.8 cm³/mol. The molecule has 7 heteroatoms. The van der Waals surface area contributed by atoms with Crippen LogP contribution in [-0.4, -0.2) is 26.9 Å². The van der Waals surface area contributed by atoms with Gasteiger partial charge in [0.2, 0.25) is 15.9 Å². The van der Waals surface area contributed by atoms with E-state index in [4.69, 9.17) is 5.73 Å². The Labute approximate surface area is 112 Å². The first-order valence-electron chi connectivity index (χ1n) is 6.05. The van der Waals surface area contributed by atoms with Crippen LogP contribution in [0.4, 0.5) is 0 Å². The van der Waals surface area contributed by atoms with E-state index in [0.29, 0.717) is 13.0 Å². The van der Waals surface area contributed by atoms with Crippen LogP contribution in [0, 0.1) is 0 Å². The number of rotatable bonds is 4. The van der Waals surface area contributed by atoms with Crippen LogP contribution in [0.25, 0.3) is 0 Å². The van der Waals surface area contributed by atoms with E-state index in [1.54, 1.807) is 12.1 Å². The number of amides is 1. The largest absolute Gasteiger partial charge is 0.368 e. The van der Waals surface area contributed by atoms with E-state index in [0.717, 1.165) is 17.7 Å². The quantitative estimate of drug-likeness (QED) is 0.692. The maximum Gasteiger partial charge on any atom is 0.241 e. The van der Waals surface area contributed by atoms with Crippen molar-refractivity contribution in [2.75, 3.05) is 6.54 Å². The summed E-state index contributed by atoms with van der Waals surface area (Å²) in [6.45, 7) is 2.83. The fourth-order valence-corrected chi connectivity index (χ4v) is 3.63. The van der Waals surface area contributed by atoms with Crippen molar-refractivity contribution in [3.8, 4) is 0 Å². The lowest BCUT2D eigenvalue weighted by molar-refractivity contribution is -0.119. The van der Waals surface area contributed by atoms with Crippen LogP contribution in [-0.2, 0) is 27.8 Å². The zero-order valence-electron chi connectivity index (χ0n) is 10.6. The van der Waals surface area contributed by atoms with Gasteiger partial charge in [0.25, 0.3) is 0 Å². The SMILES string of the molecule is CC(NS(=O)(=O)c1cccc2c1CCNC2)C(N)=O. The van der Waals surface area contributed by atoms with Crippen LogP contribution >= 0.6 is 0 Å². The van der Waals surface area contributed by atoms with Crippen molar-refractivity contribution in [3.05, 3.63) is 29.3 Å². The van der Waals surface area contributed by atoms with Crippen LogP contribution in [0.5, 0.6) is 0 Å². The van der Waals surface area contributed by atoms with Gasteiger partial charge in [0.15, 0.2) is 0 Å². The highest BCUT2D eigenvalue weighted by atomic mass is 32.2. The Morgan fingerprint density at radius 2 is 2.21 bits per heavy atom. The Balaban J connectivity index is 2.38.